The number of nitrogens with zero attached hydrogens (tertiary/aromatic N) is 1. The van der Waals surface area contributed by atoms with E-state index in [-0.39, 0.29) is 5.78 Å². The van der Waals surface area contributed by atoms with Crippen molar-refractivity contribution in [2.75, 3.05) is 7.11 Å². The van der Waals surface area contributed by atoms with Gasteiger partial charge in [0.1, 0.15) is 11.7 Å². The van der Waals surface area contributed by atoms with Crippen LogP contribution in [-0.4, -0.2) is 12.9 Å². The summed E-state index contributed by atoms with van der Waals surface area (Å²) in [7, 11) is 1.52. The summed E-state index contributed by atoms with van der Waals surface area (Å²) in [5.41, 5.74) is 3.15. The van der Waals surface area contributed by atoms with E-state index in [0.717, 1.165) is 11.1 Å². The molecule has 3 heteroatoms. The summed E-state index contributed by atoms with van der Waals surface area (Å²) in [6.07, 6.45) is 0. The number of Topliss-reactive ketones (excluding diaryl/α,β-unsaturated/α-hetero) is 1. The lowest BCUT2D eigenvalue weighted by Gasteiger charge is -2.13. The number of rotatable bonds is 4. The predicted molar refractivity (Wildman–Crippen MR) is 81.6 cm³/mol. The number of ether oxygens (including phenoxy) is 1. The van der Waals surface area contributed by atoms with Gasteiger partial charge in [0.25, 0.3) is 0 Å². The molecule has 2 aromatic rings. The smallest absolute Gasteiger partial charge is 0.188 e. The highest BCUT2D eigenvalue weighted by Crippen LogP contribution is 2.27. The number of hydrogen-bond donors (Lipinski definition) is 0. The highest BCUT2D eigenvalue weighted by molar-refractivity contribution is 6.05. The topological polar surface area (TPSA) is 50.1 Å². The molecule has 0 aromatic heterocycles. The second-order valence-electron chi connectivity index (χ2n) is 5.04. The molecule has 0 aliphatic heterocycles. The van der Waals surface area contributed by atoms with Gasteiger partial charge in [-0.3, -0.25) is 4.79 Å². The number of carbonyl (C=O) groups excluding carboxylic acids is 1. The number of aryl methyl sites for hydroxylation is 2. The van der Waals surface area contributed by atoms with Gasteiger partial charge in [0, 0.05) is 0 Å². The molecule has 0 spiro atoms. The highest BCUT2D eigenvalue weighted by atomic mass is 16.5. The van der Waals surface area contributed by atoms with Gasteiger partial charge in [-0.25, -0.2) is 0 Å². The van der Waals surface area contributed by atoms with Gasteiger partial charge in [-0.2, -0.15) is 5.26 Å². The molecule has 0 aliphatic carbocycles. The van der Waals surface area contributed by atoms with Crippen molar-refractivity contribution in [1.82, 2.24) is 0 Å². The van der Waals surface area contributed by atoms with Crippen molar-refractivity contribution in [3.63, 3.8) is 0 Å². The molecule has 2 aromatic carbocycles. The van der Waals surface area contributed by atoms with Crippen molar-refractivity contribution < 1.29 is 9.53 Å². The fraction of sp³-hybridized carbons (Fsp3) is 0.222. The Morgan fingerprint density at radius 1 is 1.14 bits per heavy atom. The van der Waals surface area contributed by atoms with Gasteiger partial charge < -0.3 is 4.74 Å². The molecule has 0 aliphatic rings. The minimum Gasteiger partial charge on any atom is -0.496 e. The number of hydrogen-bond acceptors (Lipinski definition) is 3. The predicted octanol–water partition coefficient (Wildman–Crippen LogP) is 3.80. The lowest BCUT2D eigenvalue weighted by Crippen LogP contribution is -2.13. The second kappa shape index (κ2) is 6.23. The summed E-state index contributed by atoms with van der Waals surface area (Å²) in [5.74, 6) is -0.553. The molecule has 0 bridgehead atoms. The Labute approximate surface area is 124 Å². The molecule has 1 unspecified atom stereocenters. The van der Waals surface area contributed by atoms with Crippen LogP contribution in [0.2, 0.25) is 0 Å². The van der Waals surface area contributed by atoms with Crippen LogP contribution in [0.15, 0.2) is 42.5 Å². The van der Waals surface area contributed by atoms with Gasteiger partial charge in [0.05, 0.1) is 18.7 Å². The summed E-state index contributed by atoms with van der Waals surface area (Å²) >= 11 is 0. The van der Waals surface area contributed by atoms with E-state index in [9.17, 15) is 10.1 Å². The molecule has 0 saturated heterocycles. The average molecular weight is 279 g/mol. The van der Waals surface area contributed by atoms with E-state index in [4.69, 9.17) is 4.74 Å². The number of benzene rings is 2. The van der Waals surface area contributed by atoms with E-state index < -0.39 is 5.92 Å². The summed E-state index contributed by atoms with van der Waals surface area (Å²) < 4.78 is 5.25. The first-order valence-corrected chi connectivity index (χ1v) is 6.72. The number of methoxy groups -OCH3 is 1. The zero-order valence-electron chi connectivity index (χ0n) is 12.4. The van der Waals surface area contributed by atoms with Crippen molar-refractivity contribution >= 4 is 5.78 Å². The molecule has 0 saturated carbocycles. The molecule has 0 amide bonds. The molecule has 3 nitrogen and oxygen atoms in total. The quantitative estimate of drug-likeness (QED) is 0.800. The third-order valence-corrected chi connectivity index (χ3v) is 3.39. The van der Waals surface area contributed by atoms with E-state index in [0.29, 0.717) is 16.9 Å². The van der Waals surface area contributed by atoms with E-state index in [1.165, 1.54) is 7.11 Å². The number of nitriles is 1. The molecular weight excluding hydrogens is 262 g/mol. The van der Waals surface area contributed by atoms with Crippen LogP contribution in [0.5, 0.6) is 5.75 Å². The summed E-state index contributed by atoms with van der Waals surface area (Å²) in [6, 6.07) is 15.0. The average Bonchev–Trinajstić information content (AvgIpc) is 2.48. The van der Waals surface area contributed by atoms with Crippen molar-refractivity contribution in [2.45, 2.75) is 19.8 Å². The monoisotopic (exact) mass is 279 g/mol. The molecule has 0 fully saturated rings. The van der Waals surface area contributed by atoms with Gasteiger partial charge in [-0.15, -0.1) is 0 Å². The van der Waals surface area contributed by atoms with E-state index in [2.05, 4.69) is 6.07 Å². The maximum Gasteiger partial charge on any atom is 0.188 e. The van der Waals surface area contributed by atoms with Crippen molar-refractivity contribution in [3.05, 3.63) is 64.7 Å². The van der Waals surface area contributed by atoms with Crippen LogP contribution >= 0.6 is 0 Å². The van der Waals surface area contributed by atoms with E-state index >= 15 is 0 Å². The summed E-state index contributed by atoms with van der Waals surface area (Å²) in [5, 5.41) is 9.42. The van der Waals surface area contributed by atoms with Gasteiger partial charge in [-0.05, 0) is 31.5 Å². The van der Waals surface area contributed by atoms with Crippen LogP contribution in [0.3, 0.4) is 0 Å². The van der Waals surface area contributed by atoms with Gasteiger partial charge >= 0.3 is 0 Å². The van der Waals surface area contributed by atoms with Crippen molar-refractivity contribution in [2.24, 2.45) is 0 Å². The normalized spacial score (nSPS) is 11.5. The lowest BCUT2D eigenvalue weighted by atomic mass is 9.90. The fourth-order valence-corrected chi connectivity index (χ4v) is 2.30. The van der Waals surface area contributed by atoms with Crippen LogP contribution in [0.4, 0.5) is 0 Å². The molecule has 0 N–H and O–H groups in total. The Morgan fingerprint density at radius 2 is 1.86 bits per heavy atom. The molecule has 106 valence electrons. The molecule has 0 radical (unpaired) electrons. The molecular formula is C18H17NO2. The minimum atomic E-state index is -0.819. The SMILES string of the molecule is COc1ccc(C)cc1C(=O)C(C#N)c1cccc(C)c1. The van der Waals surface area contributed by atoms with Crippen LogP contribution in [0.25, 0.3) is 0 Å². The Hall–Kier alpha value is -2.60. The van der Waals surface area contributed by atoms with E-state index in [1.807, 2.05) is 38.1 Å². The van der Waals surface area contributed by atoms with Crippen LogP contribution < -0.4 is 4.74 Å². The zero-order chi connectivity index (χ0) is 15.4. The Balaban J connectivity index is 2.47. The summed E-state index contributed by atoms with van der Waals surface area (Å²) in [4.78, 5) is 12.7. The largest absolute Gasteiger partial charge is 0.496 e. The van der Waals surface area contributed by atoms with Gasteiger partial charge in [0.15, 0.2) is 5.78 Å². The number of carbonyl (C=O) groups is 1. The van der Waals surface area contributed by atoms with Crippen LogP contribution in [0.1, 0.15) is 33.0 Å². The first kappa shape index (κ1) is 14.8. The zero-order valence-corrected chi connectivity index (χ0v) is 12.4. The Bertz CT molecular complexity index is 713. The van der Waals surface area contributed by atoms with Gasteiger partial charge in [0.2, 0.25) is 0 Å². The highest BCUT2D eigenvalue weighted by Gasteiger charge is 2.24. The first-order chi connectivity index (χ1) is 10.1. The Morgan fingerprint density at radius 3 is 2.48 bits per heavy atom. The minimum absolute atomic E-state index is 0.233. The molecule has 2 rings (SSSR count). The number of ketones is 1. The first-order valence-electron chi connectivity index (χ1n) is 6.72. The maximum atomic E-state index is 12.7. The maximum absolute atomic E-state index is 12.7. The standard InChI is InChI=1S/C18H17NO2/c1-12-5-4-6-14(9-12)16(11-19)18(20)15-10-13(2)7-8-17(15)21-3/h4-10,16H,1-3H3. The van der Waals surface area contributed by atoms with Crippen LogP contribution in [0, 0.1) is 25.2 Å². The van der Waals surface area contributed by atoms with Gasteiger partial charge in [-0.1, -0.05) is 41.5 Å². The second-order valence-corrected chi connectivity index (χ2v) is 5.04. The Kier molecular flexibility index (Phi) is 4.39. The third-order valence-electron chi connectivity index (χ3n) is 3.39. The molecule has 21 heavy (non-hydrogen) atoms. The molecule has 0 heterocycles. The summed E-state index contributed by atoms with van der Waals surface area (Å²) in [6.45, 7) is 3.85. The van der Waals surface area contributed by atoms with Crippen molar-refractivity contribution in [1.29, 1.82) is 5.26 Å². The van der Waals surface area contributed by atoms with E-state index in [1.54, 1.807) is 18.2 Å². The fourth-order valence-electron chi connectivity index (χ4n) is 2.30. The third kappa shape index (κ3) is 3.11. The van der Waals surface area contributed by atoms with Crippen LogP contribution in [-0.2, 0) is 0 Å². The van der Waals surface area contributed by atoms with Crippen molar-refractivity contribution in [3.8, 4) is 11.8 Å². The lowest BCUT2D eigenvalue weighted by molar-refractivity contribution is 0.0976. The molecule has 1 atom stereocenters.